The van der Waals surface area contributed by atoms with Crippen molar-refractivity contribution in [1.82, 2.24) is 19.8 Å². The van der Waals surface area contributed by atoms with Gasteiger partial charge in [0.2, 0.25) is 5.91 Å². The summed E-state index contributed by atoms with van der Waals surface area (Å²) in [5.41, 5.74) is 1.80. The topological polar surface area (TPSA) is 67.2 Å². The second-order valence-corrected chi connectivity index (χ2v) is 7.18. The van der Waals surface area contributed by atoms with Crippen LogP contribution in [0.1, 0.15) is 17.0 Å². The van der Waals surface area contributed by atoms with Crippen LogP contribution in [0, 0.1) is 17.7 Å². The zero-order valence-corrected chi connectivity index (χ0v) is 16.6. The molecule has 4 rings (SSSR count). The Morgan fingerprint density at radius 3 is 2.70 bits per heavy atom. The maximum Gasteiger partial charge on any atom is 0.261 e. The molecule has 2 aromatic carbocycles. The first-order valence-corrected chi connectivity index (χ1v) is 9.77. The average Bonchev–Trinajstić information content (AvgIpc) is 2.95. The summed E-state index contributed by atoms with van der Waals surface area (Å²) in [6.45, 7) is 2.07. The summed E-state index contributed by atoms with van der Waals surface area (Å²) in [4.78, 5) is 31.4. The molecule has 152 valence electrons. The lowest BCUT2D eigenvalue weighted by Crippen LogP contribution is -2.37. The van der Waals surface area contributed by atoms with Crippen LogP contribution >= 0.6 is 0 Å². The number of halogens is 1. The van der Waals surface area contributed by atoms with Gasteiger partial charge < -0.3 is 5.32 Å². The zero-order valence-electron chi connectivity index (χ0n) is 16.6. The minimum atomic E-state index is -0.330. The third-order valence-electron chi connectivity index (χ3n) is 5.15. The molecule has 0 radical (unpaired) electrons. The number of nitrogens with one attached hydrogen (secondary N) is 1. The maximum atomic E-state index is 13.3. The first-order chi connectivity index (χ1) is 14.5. The van der Waals surface area contributed by atoms with Gasteiger partial charge in [0.15, 0.2) is 0 Å². The minimum absolute atomic E-state index is 0.0482. The van der Waals surface area contributed by atoms with Gasteiger partial charge in [-0.05, 0) is 36.4 Å². The van der Waals surface area contributed by atoms with Gasteiger partial charge in [-0.15, -0.1) is 0 Å². The summed E-state index contributed by atoms with van der Waals surface area (Å²) >= 11 is 0. The SMILES string of the molecule is CNC(=O)CN1CCc2nc3cc(C#Cc4cccc(F)c4)ccc3c(=O)n2CC1. The number of rotatable bonds is 2. The van der Waals surface area contributed by atoms with Crippen molar-refractivity contribution in [2.24, 2.45) is 0 Å². The number of amides is 1. The Bertz CT molecular complexity index is 1240. The second kappa shape index (κ2) is 8.47. The molecule has 1 amide bonds. The standard InChI is InChI=1S/C23H21FN4O2/c1-25-22(29)15-27-10-9-21-26-20-14-17(6-5-16-3-2-4-18(24)13-16)7-8-19(20)23(30)28(21)12-11-27/h2-4,7-8,13-14H,9-12,15H2,1H3,(H,25,29). The Balaban J connectivity index is 1.64. The molecule has 1 aromatic heterocycles. The fraction of sp³-hybridized carbons (Fsp3) is 0.261. The van der Waals surface area contributed by atoms with Gasteiger partial charge in [-0.25, -0.2) is 9.37 Å². The van der Waals surface area contributed by atoms with Crippen LogP contribution in [0.2, 0.25) is 0 Å². The zero-order chi connectivity index (χ0) is 21.1. The Morgan fingerprint density at radius 1 is 1.13 bits per heavy atom. The van der Waals surface area contributed by atoms with Gasteiger partial charge in [0.1, 0.15) is 11.6 Å². The first-order valence-electron chi connectivity index (χ1n) is 9.77. The molecular weight excluding hydrogens is 383 g/mol. The van der Waals surface area contributed by atoms with Gasteiger partial charge in [-0.3, -0.25) is 19.1 Å². The van der Waals surface area contributed by atoms with E-state index in [1.165, 1.54) is 12.1 Å². The van der Waals surface area contributed by atoms with Crippen LogP contribution in [0.4, 0.5) is 4.39 Å². The molecule has 0 unspecified atom stereocenters. The van der Waals surface area contributed by atoms with E-state index in [2.05, 4.69) is 17.2 Å². The van der Waals surface area contributed by atoms with E-state index < -0.39 is 0 Å². The number of benzene rings is 2. The predicted molar refractivity (Wildman–Crippen MR) is 113 cm³/mol. The highest BCUT2D eigenvalue weighted by Gasteiger charge is 2.19. The molecule has 2 heterocycles. The number of carbonyl (C=O) groups excluding carboxylic acids is 1. The molecule has 0 saturated heterocycles. The maximum absolute atomic E-state index is 13.3. The molecule has 30 heavy (non-hydrogen) atoms. The van der Waals surface area contributed by atoms with Crippen molar-refractivity contribution in [1.29, 1.82) is 0 Å². The van der Waals surface area contributed by atoms with Crippen molar-refractivity contribution < 1.29 is 9.18 Å². The van der Waals surface area contributed by atoms with E-state index in [9.17, 15) is 14.0 Å². The summed E-state index contributed by atoms with van der Waals surface area (Å²) in [7, 11) is 1.61. The van der Waals surface area contributed by atoms with E-state index >= 15 is 0 Å². The number of hydrogen-bond donors (Lipinski definition) is 1. The highest BCUT2D eigenvalue weighted by molar-refractivity contribution is 5.79. The van der Waals surface area contributed by atoms with Crippen LogP contribution in [0.25, 0.3) is 10.9 Å². The average molecular weight is 404 g/mol. The molecule has 0 fully saturated rings. The summed E-state index contributed by atoms with van der Waals surface area (Å²) in [6, 6.07) is 11.4. The smallest absolute Gasteiger partial charge is 0.261 e. The van der Waals surface area contributed by atoms with Gasteiger partial charge >= 0.3 is 0 Å². The molecule has 0 spiro atoms. The Morgan fingerprint density at radius 2 is 1.93 bits per heavy atom. The lowest BCUT2D eigenvalue weighted by molar-refractivity contribution is -0.121. The van der Waals surface area contributed by atoms with E-state index in [0.717, 1.165) is 0 Å². The van der Waals surface area contributed by atoms with Gasteiger partial charge in [0, 0.05) is 44.2 Å². The third kappa shape index (κ3) is 4.24. The van der Waals surface area contributed by atoms with Crippen LogP contribution in [0.15, 0.2) is 47.3 Å². The van der Waals surface area contributed by atoms with Crippen LogP contribution in [0.5, 0.6) is 0 Å². The van der Waals surface area contributed by atoms with Gasteiger partial charge in [-0.2, -0.15) is 0 Å². The normalized spacial score (nSPS) is 13.8. The lowest BCUT2D eigenvalue weighted by atomic mass is 10.1. The van der Waals surface area contributed by atoms with Crippen molar-refractivity contribution in [3.05, 3.63) is 75.6 Å². The van der Waals surface area contributed by atoms with E-state index in [4.69, 9.17) is 4.98 Å². The summed E-state index contributed by atoms with van der Waals surface area (Å²) in [5.74, 6) is 6.28. The van der Waals surface area contributed by atoms with Crippen molar-refractivity contribution in [3.63, 3.8) is 0 Å². The van der Waals surface area contributed by atoms with Crippen LogP contribution in [-0.2, 0) is 17.8 Å². The predicted octanol–water partition coefficient (Wildman–Crippen LogP) is 1.54. The molecule has 1 aliphatic rings. The molecule has 0 bridgehead atoms. The highest BCUT2D eigenvalue weighted by Crippen LogP contribution is 2.14. The van der Waals surface area contributed by atoms with Crippen LogP contribution in [-0.4, -0.2) is 47.0 Å². The van der Waals surface area contributed by atoms with Crippen molar-refractivity contribution >= 4 is 16.8 Å². The lowest BCUT2D eigenvalue weighted by Gasteiger charge is -2.17. The van der Waals surface area contributed by atoms with Crippen LogP contribution in [0.3, 0.4) is 0 Å². The van der Waals surface area contributed by atoms with Gasteiger partial charge in [0.25, 0.3) is 5.56 Å². The number of aromatic nitrogens is 2. The number of likely N-dealkylation sites (N-methyl/N-ethyl adjacent to an activating group) is 1. The highest BCUT2D eigenvalue weighted by atomic mass is 19.1. The monoisotopic (exact) mass is 404 g/mol. The Hall–Kier alpha value is -3.50. The fourth-order valence-corrected chi connectivity index (χ4v) is 3.53. The molecule has 6 nitrogen and oxygen atoms in total. The molecule has 7 heteroatoms. The molecule has 0 saturated carbocycles. The minimum Gasteiger partial charge on any atom is -0.358 e. The second-order valence-electron chi connectivity index (χ2n) is 7.18. The fourth-order valence-electron chi connectivity index (χ4n) is 3.53. The molecule has 0 aliphatic carbocycles. The number of nitrogens with zero attached hydrogens (tertiary/aromatic N) is 3. The summed E-state index contributed by atoms with van der Waals surface area (Å²) in [5, 5.41) is 3.16. The van der Waals surface area contributed by atoms with Crippen molar-refractivity contribution in [2.45, 2.75) is 13.0 Å². The van der Waals surface area contributed by atoms with Crippen LogP contribution < -0.4 is 10.9 Å². The number of hydrogen-bond acceptors (Lipinski definition) is 4. The Kier molecular flexibility index (Phi) is 5.59. The van der Waals surface area contributed by atoms with Crippen molar-refractivity contribution in [3.8, 4) is 11.8 Å². The first kappa shape index (κ1) is 19.8. The molecule has 1 N–H and O–H groups in total. The van der Waals surface area contributed by atoms with E-state index in [-0.39, 0.29) is 17.3 Å². The summed E-state index contributed by atoms with van der Waals surface area (Å²) in [6.07, 6.45) is 0.585. The van der Waals surface area contributed by atoms with Crippen molar-refractivity contribution in [2.75, 3.05) is 26.7 Å². The van der Waals surface area contributed by atoms with Gasteiger partial charge in [-0.1, -0.05) is 17.9 Å². The third-order valence-corrected chi connectivity index (χ3v) is 5.15. The molecule has 0 atom stereocenters. The quantitative estimate of drug-likeness (QED) is 0.658. The molecule has 3 aromatic rings. The summed E-state index contributed by atoms with van der Waals surface area (Å²) < 4.78 is 15.0. The molecular formula is C23H21FN4O2. The van der Waals surface area contributed by atoms with Gasteiger partial charge in [0.05, 0.1) is 17.4 Å². The molecule has 1 aliphatic heterocycles. The van der Waals surface area contributed by atoms with E-state index in [1.807, 2.05) is 4.90 Å². The number of carbonyl (C=O) groups is 1. The van der Waals surface area contributed by atoms with E-state index in [1.54, 1.807) is 41.9 Å². The largest absolute Gasteiger partial charge is 0.358 e. The number of fused-ring (bicyclic) bond motifs is 2. The van der Waals surface area contributed by atoms with E-state index in [0.29, 0.717) is 60.5 Å². The Labute approximate surface area is 173 Å².